The summed E-state index contributed by atoms with van der Waals surface area (Å²) in [7, 11) is 0. The van der Waals surface area contributed by atoms with Crippen LogP contribution in [0.5, 0.6) is 5.88 Å². The summed E-state index contributed by atoms with van der Waals surface area (Å²) in [6, 6.07) is 8.00. The van der Waals surface area contributed by atoms with Crippen LogP contribution in [-0.2, 0) is 9.47 Å². The summed E-state index contributed by atoms with van der Waals surface area (Å²) >= 11 is 3.49. The highest BCUT2D eigenvalue weighted by atomic mass is 79.9. The zero-order valence-electron chi connectivity index (χ0n) is 11.5. The van der Waals surface area contributed by atoms with Gasteiger partial charge < -0.3 is 14.2 Å². The van der Waals surface area contributed by atoms with Gasteiger partial charge in [0.15, 0.2) is 0 Å². The number of rotatable bonds is 8. The smallest absolute Gasteiger partial charge is 0.221 e. The van der Waals surface area contributed by atoms with E-state index in [9.17, 15) is 0 Å². The first kappa shape index (κ1) is 15.2. The number of fused-ring (bicyclic) bond motifs is 1. The molecule has 0 aliphatic rings. The summed E-state index contributed by atoms with van der Waals surface area (Å²) in [6.45, 7) is 4.90. The minimum absolute atomic E-state index is 0.477. The van der Waals surface area contributed by atoms with Crippen molar-refractivity contribution in [2.45, 2.75) is 6.92 Å². The molecule has 0 bridgehead atoms. The van der Waals surface area contributed by atoms with Crippen molar-refractivity contribution in [3.05, 3.63) is 34.9 Å². The van der Waals surface area contributed by atoms with E-state index in [1.807, 2.05) is 31.2 Å². The maximum atomic E-state index is 5.68. The van der Waals surface area contributed by atoms with Crippen LogP contribution in [-0.4, -0.2) is 38.0 Å². The molecule has 0 aliphatic carbocycles. The number of benzene rings is 1. The molecule has 0 fully saturated rings. The van der Waals surface area contributed by atoms with Crippen molar-refractivity contribution in [2.75, 3.05) is 33.0 Å². The summed E-state index contributed by atoms with van der Waals surface area (Å²) in [5.41, 5.74) is 0. The highest BCUT2D eigenvalue weighted by molar-refractivity contribution is 9.10. The number of halogens is 1. The number of ether oxygens (including phenoxy) is 3. The lowest BCUT2D eigenvalue weighted by Gasteiger charge is -2.09. The van der Waals surface area contributed by atoms with Crippen LogP contribution >= 0.6 is 15.9 Å². The van der Waals surface area contributed by atoms with Crippen molar-refractivity contribution in [3.8, 4) is 5.88 Å². The summed E-state index contributed by atoms with van der Waals surface area (Å²) in [5, 5.41) is 2.09. The Bertz CT molecular complexity index is 548. The molecule has 1 heterocycles. The largest absolute Gasteiger partial charge is 0.475 e. The monoisotopic (exact) mass is 339 g/mol. The SMILES string of the molecule is CCOCCOCCOc1ncc(Br)c2ccccc12. The van der Waals surface area contributed by atoms with Gasteiger partial charge in [0, 0.05) is 28.0 Å². The van der Waals surface area contributed by atoms with Crippen LogP contribution in [0, 0.1) is 0 Å². The summed E-state index contributed by atoms with van der Waals surface area (Å²) in [6.07, 6.45) is 1.76. The fourth-order valence-corrected chi connectivity index (χ4v) is 2.26. The van der Waals surface area contributed by atoms with Gasteiger partial charge >= 0.3 is 0 Å². The molecule has 0 unspecified atom stereocenters. The predicted octanol–water partition coefficient (Wildman–Crippen LogP) is 3.43. The van der Waals surface area contributed by atoms with Crippen LogP contribution in [0.3, 0.4) is 0 Å². The second kappa shape index (κ2) is 8.19. The zero-order chi connectivity index (χ0) is 14.2. The van der Waals surface area contributed by atoms with Crippen LogP contribution in [0.25, 0.3) is 10.8 Å². The van der Waals surface area contributed by atoms with Crippen molar-refractivity contribution in [2.24, 2.45) is 0 Å². The Balaban J connectivity index is 1.86. The fourth-order valence-electron chi connectivity index (χ4n) is 1.81. The van der Waals surface area contributed by atoms with Crippen molar-refractivity contribution < 1.29 is 14.2 Å². The maximum absolute atomic E-state index is 5.68. The van der Waals surface area contributed by atoms with Crippen molar-refractivity contribution in [1.29, 1.82) is 0 Å². The van der Waals surface area contributed by atoms with Gasteiger partial charge in [0.25, 0.3) is 0 Å². The van der Waals surface area contributed by atoms with Gasteiger partial charge in [-0.3, -0.25) is 0 Å². The Morgan fingerprint density at radius 3 is 2.50 bits per heavy atom. The minimum Gasteiger partial charge on any atom is -0.475 e. The summed E-state index contributed by atoms with van der Waals surface area (Å²) in [4.78, 5) is 4.30. The Morgan fingerprint density at radius 2 is 1.70 bits per heavy atom. The molecule has 0 radical (unpaired) electrons. The molecule has 20 heavy (non-hydrogen) atoms. The van der Waals surface area contributed by atoms with Gasteiger partial charge in [0.1, 0.15) is 6.61 Å². The molecule has 5 heteroatoms. The quantitative estimate of drug-likeness (QED) is 0.691. The number of nitrogens with zero attached hydrogens (tertiary/aromatic N) is 1. The molecular formula is C15H18BrNO3. The van der Waals surface area contributed by atoms with Gasteiger partial charge in [-0.1, -0.05) is 18.2 Å². The molecule has 108 valence electrons. The Labute approximate surface area is 127 Å². The Kier molecular flexibility index (Phi) is 6.24. The Morgan fingerprint density at radius 1 is 1.00 bits per heavy atom. The second-order valence-electron chi connectivity index (χ2n) is 4.11. The molecule has 1 aromatic carbocycles. The van der Waals surface area contributed by atoms with Crippen molar-refractivity contribution >= 4 is 26.7 Å². The zero-order valence-corrected chi connectivity index (χ0v) is 13.1. The molecule has 0 N–H and O–H groups in total. The van der Waals surface area contributed by atoms with Crippen molar-refractivity contribution in [3.63, 3.8) is 0 Å². The van der Waals surface area contributed by atoms with E-state index in [0.29, 0.717) is 38.9 Å². The lowest BCUT2D eigenvalue weighted by Crippen LogP contribution is -2.11. The third-order valence-electron chi connectivity index (χ3n) is 2.75. The molecule has 0 saturated carbocycles. The van der Waals surface area contributed by atoms with Gasteiger partial charge in [-0.25, -0.2) is 4.98 Å². The van der Waals surface area contributed by atoms with Gasteiger partial charge in [-0.05, 0) is 28.9 Å². The fraction of sp³-hybridized carbons (Fsp3) is 0.400. The molecule has 2 aromatic rings. The molecule has 2 rings (SSSR count). The third-order valence-corrected chi connectivity index (χ3v) is 3.38. The van der Waals surface area contributed by atoms with Crippen LogP contribution in [0.15, 0.2) is 34.9 Å². The first-order valence-electron chi connectivity index (χ1n) is 6.64. The number of hydrogen-bond donors (Lipinski definition) is 0. The van der Waals surface area contributed by atoms with Gasteiger partial charge in [0.05, 0.1) is 19.8 Å². The first-order valence-corrected chi connectivity index (χ1v) is 7.43. The van der Waals surface area contributed by atoms with E-state index in [0.717, 1.165) is 15.2 Å². The topological polar surface area (TPSA) is 40.6 Å². The van der Waals surface area contributed by atoms with Crippen LogP contribution in [0.2, 0.25) is 0 Å². The molecule has 0 saturated heterocycles. The van der Waals surface area contributed by atoms with E-state index in [4.69, 9.17) is 14.2 Å². The number of pyridine rings is 1. The van der Waals surface area contributed by atoms with E-state index >= 15 is 0 Å². The van der Waals surface area contributed by atoms with Crippen molar-refractivity contribution in [1.82, 2.24) is 4.98 Å². The van der Waals surface area contributed by atoms with Crippen LogP contribution in [0.1, 0.15) is 6.92 Å². The van der Waals surface area contributed by atoms with Crippen LogP contribution in [0.4, 0.5) is 0 Å². The van der Waals surface area contributed by atoms with Gasteiger partial charge in [0.2, 0.25) is 5.88 Å². The number of aromatic nitrogens is 1. The standard InChI is InChI=1S/C15H18BrNO3/c1-2-18-7-8-19-9-10-20-15-13-6-4-3-5-12(13)14(16)11-17-15/h3-6,11H,2,7-10H2,1H3. The normalized spacial score (nSPS) is 10.9. The molecule has 0 aliphatic heterocycles. The minimum atomic E-state index is 0.477. The van der Waals surface area contributed by atoms with Gasteiger partial charge in [-0.15, -0.1) is 0 Å². The second-order valence-corrected chi connectivity index (χ2v) is 4.97. The third kappa shape index (κ3) is 4.16. The maximum Gasteiger partial charge on any atom is 0.221 e. The molecule has 4 nitrogen and oxygen atoms in total. The van der Waals surface area contributed by atoms with E-state index in [-0.39, 0.29) is 0 Å². The summed E-state index contributed by atoms with van der Waals surface area (Å²) in [5.74, 6) is 0.636. The highest BCUT2D eigenvalue weighted by Gasteiger charge is 2.06. The first-order chi connectivity index (χ1) is 9.83. The molecule has 1 aromatic heterocycles. The highest BCUT2D eigenvalue weighted by Crippen LogP contribution is 2.28. The molecule has 0 amide bonds. The van der Waals surface area contributed by atoms with Crippen LogP contribution < -0.4 is 4.74 Å². The lowest BCUT2D eigenvalue weighted by atomic mass is 10.2. The lowest BCUT2D eigenvalue weighted by molar-refractivity contribution is 0.0401. The average molecular weight is 340 g/mol. The van der Waals surface area contributed by atoms with E-state index in [1.165, 1.54) is 0 Å². The molecule has 0 spiro atoms. The van der Waals surface area contributed by atoms with Gasteiger partial charge in [-0.2, -0.15) is 0 Å². The molecule has 0 atom stereocenters. The van der Waals surface area contributed by atoms with E-state index < -0.39 is 0 Å². The predicted molar refractivity (Wildman–Crippen MR) is 82.3 cm³/mol. The van der Waals surface area contributed by atoms with E-state index in [1.54, 1.807) is 6.20 Å². The summed E-state index contributed by atoms with van der Waals surface area (Å²) < 4.78 is 17.2. The average Bonchev–Trinajstić information content (AvgIpc) is 2.49. The van der Waals surface area contributed by atoms with E-state index in [2.05, 4.69) is 20.9 Å². The molecular weight excluding hydrogens is 322 g/mol. The number of hydrogen-bond acceptors (Lipinski definition) is 4. The Hall–Kier alpha value is -1.17.